The zero-order valence-electron chi connectivity index (χ0n) is 16.0. The maximum absolute atomic E-state index is 12.5. The highest BCUT2D eigenvalue weighted by molar-refractivity contribution is 8.13. The Hall–Kier alpha value is -2.41. The van der Waals surface area contributed by atoms with E-state index in [1.54, 1.807) is 0 Å². The molecule has 0 radical (unpaired) electrons. The Morgan fingerprint density at radius 1 is 1.23 bits per heavy atom. The summed E-state index contributed by atoms with van der Waals surface area (Å²) in [6.07, 6.45) is 0.0853. The normalized spacial score (nSPS) is 12.2. The van der Waals surface area contributed by atoms with Gasteiger partial charge >= 0.3 is 7.60 Å². The molecule has 5 N–H and O–H groups in total. The summed E-state index contributed by atoms with van der Waals surface area (Å²) >= 11 is 0.853. The van der Waals surface area contributed by atoms with Gasteiger partial charge in [0.25, 0.3) is 0 Å². The van der Waals surface area contributed by atoms with Crippen molar-refractivity contribution in [2.45, 2.75) is 45.2 Å². The van der Waals surface area contributed by atoms with Crippen LogP contribution in [-0.2, 0) is 35.1 Å². The molecule has 0 unspecified atom stereocenters. The number of hydrogen-bond acceptors (Lipinski definition) is 9. The average molecular weight is 463 g/mol. The number of nitrogens with zero attached hydrogens (tertiary/aromatic N) is 3. The number of thioether (sulfide) groups is 1. The number of amides is 2. The highest BCUT2D eigenvalue weighted by Crippen LogP contribution is 2.31. The van der Waals surface area contributed by atoms with Gasteiger partial charge in [-0.15, -0.1) is 5.10 Å². The third-order valence-corrected chi connectivity index (χ3v) is 5.25. The summed E-state index contributed by atoms with van der Waals surface area (Å²) in [6.45, 7) is 0.889. The lowest BCUT2D eigenvalue weighted by Gasteiger charge is -2.17. The van der Waals surface area contributed by atoms with Gasteiger partial charge in [0.15, 0.2) is 16.3 Å². The van der Waals surface area contributed by atoms with E-state index in [1.165, 1.54) is 6.92 Å². The molecule has 0 bridgehead atoms. The summed E-state index contributed by atoms with van der Waals surface area (Å²) in [7, 11) is -4.65. The van der Waals surface area contributed by atoms with E-state index in [9.17, 15) is 28.5 Å². The van der Waals surface area contributed by atoms with Gasteiger partial charge in [-0.2, -0.15) is 0 Å². The first-order chi connectivity index (χ1) is 13.9. The Balaban J connectivity index is 2.78. The van der Waals surface area contributed by atoms with Gasteiger partial charge in [-0.25, -0.2) is 4.68 Å². The van der Waals surface area contributed by atoms with Crippen molar-refractivity contribution in [2.24, 2.45) is 5.73 Å². The number of nitrogens with one attached hydrogen (secondary N) is 1. The van der Waals surface area contributed by atoms with Crippen LogP contribution in [0.1, 0.15) is 32.6 Å². The number of rotatable bonds is 13. The van der Waals surface area contributed by atoms with E-state index in [0.29, 0.717) is 0 Å². The smallest absolute Gasteiger partial charge is 0.370 e. The molecule has 1 heterocycles. The van der Waals surface area contributed by atoms with E-state index in [2.05, 4.69) is 15.6 Å². The number of primary amides is 1. The monoisotopic (exact) mass is 463 g/mol. The van der Waals surface area contributed by atoms with Crippen molar-refractivity contribution < 1.29 is 38.3 Å². The Kier molecular flexibility index (Phi) is 9.99. The van der Waals surface area contributed by atoms with Crippen LogP contribution >= 0.6 is 19.4 Å². The summed E-state index contributed by atoms with van der Waals surface area (Å²) in [4.78, 5) is 76.2. The number of carbonyl (C=O) groups is 5. The molecule has 0 saturated carbocycles. The summed E-state index contributed by atoms with van der Waals surface area (Å²) in [6, 6.07) is -1.20. The molecule has 1 aromatic rings. The molecule has 30 heavy (non-hydrogen) atoms. The third-order valence-electron chi connectivity index (χ3n) is 3.52. The summed E-state index contributed by atoms with van der Waals surface area (Å²) in [5.41, 5.74) is 4.37. The van der Waals surface area contributed by atoms with Crippen molar-refractivity contribution in [1.29, 1.82) is 0 Å². The van der Waals surface area contributed by atoms with Crippen LogP contribution in [-0.4, -0.2) is 65.1 Å². The lowest BCUT2D eigenvalue weighted by Crippen LogP contribution is -2.44. The van der Waals surface area contributed by atoms with Crippen molar-refractivity contribution in [2.75, 3.05) is 5.75 Å². The first kappa shape index (κ1) is 25.6. The van der Waals surface area contributed by atoms with Crippen molar-refractivity contribution in [3.05, 3.63) is 6.20 Å². The molecular weight excluding hydrogens is 441 g/mol. The van der Waals surface area contributed by atoms with E-state index in [1.807, 2.05) is 0 Å². The van der Waals surface area contributed by atoms with Crippen molar-refractivity contribution in [3.8, 4) is 0 Å². The molecule has 0 fully saturated rings. The van der Waals surface area contributed by atoms with Gasteiger partial charge in [0, 0.05) is 25.0 Å². The van der Waals surface area contributed by atoms with Gasteiger partial charge in [0.05, 0.1) is 19.2 Å². The van der Waals surface area contributed by atoms with E-state index in [4.69, 9.17) is 15.5 Å². The summed E-state index contributed by atoms with van der Waals surface area (Å²) in [5.74, 6) is -2.07. The highest BCUT2D eigenvalue weighted by Gasteiger charge is 2.26. The standard InChI is InChI=1S/C15H22N5O8PS/c1-9(21)6-13(24)17-10(7-20-8-14(18-19-20)29(26,27)28)11(22)2-3-15(25)30-5-4-12(16)23/h8,10H,2-7H2,1H3,(H2,16,23)(H,17,24)(H2,26,27,28)/t10-/m0/s1. The molecule has 13 nitrogen and oxygen atoms in total. The minimum atomic E-state index is -4.65. The third kappa shape index (κ3) is 9.87. The van der Waals surface area contributed by atoms with Crippen LogP contribution in [0.2, 0.25) is 0 Å². The lowest BCUT2D eigenvalue weighted by atomic mass is 10.1. The van der Waals surface area contributed by atoms with E-state index >= 15 is 0 Å². The predicted molar refractivity (Wildman–Crippen MR) is 104 cm³/mol. The zero-order chi connectivity index (χ0) is 22.9. The fourth-order valence-electron chi connectivity index (χ4n) is 2.13. The molecule has 166 valence electrons. The van der Waals surface area contributed by atoms with Crippen LogP contribution in [0.25, 0.3) is 0 Å². The second-order valence-corrected chi connectivity index (χ2v) is 8.94. The van der Waals surface area contributed by atoms with Crippen LogP contribution in [0, 0.1) is 0 Å². The molecule has 0 aromatic carbocycles. The van der Waals surface area contributed by atoms with Crippen LogP contribution < -0.4 is 16.5 Å². The highest BCUT2D eigenvalue weighted by atomic mass is 32.2. The molecular formula is C15H22N5O8PS. The first-order valence-electron chi connectivity index (χ1n) is 8.60. The largest absolute Gasteiger partial charge is 0.377 e. The summed E-state index contributed by atoms with van der Waals surface area (Å²) < 4.78 is 12.2. The topological polar surface area (TPSA) is 212 Å². The molecule has 0 spiro atoms. The van der Waals surface area contributed by atoms with Crippen LogP contribution in [0.4, 0.5) is 0 Å². The fraction of sp³-hybridized carbons (Fsp3) is 0.533. The Bertz CT molecular complexity index is 867. The fourth-order valence-corrected chi connectivity index (χ4v) is 3.35. The predicted octanol–water partition coefficient (Wildman–Crippen LogP) is -1.97. The van der Waals surface area contributed by atoms with Gasteiger partial charge in [-0.1, -0.05) is 17.0 Å². The minimum Gasteiger partial charge on any atom is -0.370 e. The van der Waals surface area contributed by atoms with Crippen molar-refractivity contribution in [3.63, 3.8) is 0 Å². The molecule has 0 aliphatic rings. The van der Waals surface area contributed by atoms with Gasteiger partial charge in [0.1, 0.15) is 11.8 Å². The lowest BCUT2D eigenvalue weighted by molar-refractivity contribution is -0.131. The molecule has 0 aliphatic carbocycles. The van der Waals surface area contributed by atoms with Gasteiger partial charge in [-0.3, -0.25) is 28.5 Å². The molecule has 1 aromatic heterocycles. The Morgan fingerprint density at radius 3 is 2.43 bits per heavy atom. The average Bonchev–Trinajstić information content (AvgIpc) is 3.07. The van der Waals surface area contributed by atoms with Crippen molar-refractivity contribution >= 4 is 53.3 Å². The number of hydrogen-bond donors (Lipinski definition) is 4. The molecule has 0 saturated heterocycles. The molecule has 1 rings (SSSR count). The number of aromatic nitrogens is 3. The molecule has 15 heteroatoms. The second kappa shape index (κ2) is 11.7. The number of nitrogens with two attached hydrogens (primary N) is 1. The Morgan fingerprint density at radius 2 is 1.90 bits per heavy atom. The van der Waals surface area contributed by atoms with Gasteiger partial charge in [-0.05, 0) is 6.92 Å². The first-order valence-corrected chi connectivity index (χ1v) is 11.2. The quantitative estimate of drug-likeness (QED) is 0.186. The molecule has 2 amide bonds. The van der Waals surface area contributed by atoms with Gasteiger partial charge in [0.2, 0.25) is 11.8 Å². The number of carbonyl (C=O) groups excluding carboxylic acids is 5. The van der Waals surface area contributed by atoms with E-state index < -0.39 is 48.9 Å². The molecule has 0 aliphatic heterocycles. The van der Waals surface area contributed by atoms with Gasteiger partial charge < -0.3 is 20.8 Å². The maximum atomic E-state index is 12.5. The minimum absolute atomic E-state index is 0.0162. The SMILES string of the molecule is CC(=O)CC(=O)N[C@@H](Cn1cc(P(=O)(O)O)nn1)C(=O)CCC(=O)SCCC(N)=O. The number of ketones is 2. The Labute approximate surface area is 175 Å². The van der Waals surface area contributed by atoms with Crippen molar-refractivity contribution in [1.82, 2.24) is 20.3 Å². The zero-order valence-corrected chi connectivity index (χ0v) is 17.7. The summed E-state index contributed by atoms with van der Waals surface area (Å²) in [5, 5.41) is 8.85. The van der Waals surface area contributed by atoms with Crippen LogP contribution in [0.3, 0.4) is 0 Å². The van der Waals surface area contributed by atoms with E-state index in [0.717, 1.165) is 22.6 Å². The number of Topliss-reactive ketones (excluding diaryl/α,β-unsaturated/α-hetero) is 2. The van der Waals surface area contributed by atoms with Crippen LogP contribution in [0.5, 0.6) is 0 Å². The van der Waals surface area contributed by atoms with E-state index in [-0.39, 0.29) is 36.7 Å². The maximum Gasteiger partial charge on any atom is 0.377 e. The molecule has 1 atom stereocenters. The second-order valence-electron chi connectivity index (χ2n) is 6.24. The van der Waals surface area contributed by atoms with Crippen LogP contribution in [0.15, 0.2) is 6.20 Å².